The van der Waals surface area contributed by atoms with Crippen LogP contribution in [0.4, 0.5) is 0 Å². The summed E-state index contributed by atoms with van der Waals surface area (Å²) in [6.07, 6.45) is 0. The molecule has 0 saturated carbocycles. The van der Waals surface area contributed by atoms with Crippen molar-refractivity contribution in [3.8, 4) is 33.0 Å². The van der Waals surface area contributed by atoms with Gasteiger partial charge in [0.05, 0.1) is 16.3 Å². The van der Waals surface area contributed by atoms with Crippen LogP contribution in [0, 0.1) is 0 Å². The Morgan fingerprint density at radius 3 is 2.41 bits per heavy atom. The number of aromatic amines is 1. The number of aromatic nitrogens is 2. The fraction of sp³-hybridized carbons (Fsp3) is 0. The summed E-state index contributed by atoms with van der Waals surface area (Å²) in [7, 11) is 0. The number of benzene rings is 2. The molecule has 3 heterocycles. The Kier molecular flexibility index (Phi) is 4.51. The average Bonchev–Trinajstić information content (AvgIpc) is 3.28. The van der Waals surface area contributed by atoms with Gasteiger partial charge in [-0.25, -0.2) is 4.98 Å². The van der Waals surface area contributed by atoms with Crippen molar-refractivity contribution in [1.29, 1.82) is 0 Å². The van der Waals surface area contributed by atoms with Crippen molar-refractivity contribution in [1.82, 2.24) is 9.97 Å². The molecule has 3 nitrogen and oxygen atoms in total. The third-order valence-electron chi connectivity index (χ3n) is 4.80. The summed E-state index contributed by atoms with van der Waals surface area (Å²) < 4.78 is 0. The number of para-hydroxylation sites is 1. The molecule has 5 rings (SSSR count). The number of thiophene rings is 1. The number of fused-ring (bicyclic) bond motifs is 1. The molecule has 0 unspecified atom stereocenters. The fourth-order valence-electron chi connectivity index (χ4n) is 3.37. The zero-order valence-corrected chi connectivity index (χ0v) is 16.8. The quantitative estimate of drug-likeness (QED) is 0.359. The monoisotopic (exact) mass is 414 g/mol. The van der Waals surface area contributed by atoms with Crippen LogP contribution in [0.2, 0.25) is 5.02 Å². The van der Waals surface area contributed by atoms with Crippen LogP contribution >= 0.6 is 22.9 Å². The highest BCUT2D eigenvalue weighted by atomic mass is 35.5. The van der Waals surface area contributed by atoms with Crippen LogP contribution in [0.5, 0.6) is 0 Å². The molecule has 0 amide bonds. The first-order chi connectivity index (χ1) is 14.2. The van der Waals surface area contributed by atoms with E-state index in [4.69, 9.17) is 16.6 Å². The lowest BCUT2D eigenvalue weighted by atomic mass is 10.0. The van der Waals surface area contributed by atoms with E-state index in [0.717, 1.165) is 38.3 Å². The van der Waals surface area contributed by atoms with Crippen LogP contribution in [0.1, 0.15) is 0 Å². The molecule has 0 spiro atoms. The van der Waals surface area contributed by atoms with Crippen LogP contribution in [0.15, 0.2) is 89.0 Å². The van der Waals surface area contributed by atoms with E-state index in [2.05, 4.69) is 4.98 Å². The van der Waals surface area contributed by atoms with E-state index >= 15 is 0 Å². The molecule has 0 radical (unpaired) electrons. The number of pyridine rings is 2. The Morgan fingerprint density at radius 1 is 0.828 bits per heavy atom. The largest absolute Gasteiger partial charge is 0.321 e. The van der Waals surface area contributed by atoms with Gasteiger partial charge in [-0.05, 0) is 58.8 Å². The summed E-state index contributed by atoms with van der Waals surface area (Å²) in [6, 6.07) is 25.3. The normalized spacial score (nSPS) is 11.1. The number of nitrogens with one attached hydrogen (secondary N) is 1. The first-order valence-corrected chi connectivity index (χ1v) is 10.4. The van der Waals surface area contributed by atoms with E-state index in [1.807, 2.05) is 84.2 Å². The van der Waals surface area contributed by atoms with E-state index in [1.54, 1.807) is 11.3 Å². The summed E-state index contributed by atoms with van der Waals surface area (Å²) in [4.78, 5) is 21.7. The molecule has 140 valence electrons. The highest BCUT2D eigenvalue weighted by molar-refractivity contribution is 7.13. The lowest BCUT2D eigenvalue weighted by Crippen LogP contribution is -2.09. The average molecular weight is 415 g/mol. The van der Waals surface area contributed by atoms with E-state index < -0.39 is 0 Å². The number of H-pyrrole nitrogens is 1. The van der Waals surface area contributed by atoms with Gasteiger partial charge in [-0.2, -0.15) is 0 Å². The second kappa shape index (κ2) is 7.32. The van der Waals surface area contributed by atoms with E-state index in [0.29, 0.717) is 10.6 Å². The molecule has 0 bridgehead atoms. The van der Waals surface area contributed by atoms with Crippen molar-refractivity contribution in [3.63, 3.8) is 0 Å². The van der Waals surface area contributed by atoms with E-state index in [1.165, 1.54) is 0 Å². The van der Waals surface area contributed by atoms with Gasteiger partial charge in [-0.15, -0.1) is 11.3 Å². The summed E-state index contributed by atoms with van der Waals surface area (Å²) in [5, 5.41) is 3.69. The molecule has 5 heteroatoms. The number of rotatable bonds is 3. The van der Waals surface area contributed by atoms with Crippen LogP contribution in [0.3, 0.4) is 0 Å². The second-order valence-electron chi connectivity index (χ2n) is 6.71. The molecular formula is C24H15ClN2OS. The highest BCUT2D eigenvalue weighted by Gasteiger charge is 2.12. The SMILES string of the molecule is O=c1[nH]c2ccccc2cc1-c1cc(-c2ccc(Cl)cc2)nc(-c2cccs2)c1. The molecular weight excluding hydrogens is 400 g/mol. The summed E-state index contributed by atoms with van der Waals surface area (Å²) in [6.45, 7) is 0. The topological polar surface area (TPSA) is 45.8 Å². The molecule has 0 atom stereocenters. The maximum Gasteiger partial charge on any atom is 0.256 e. The Balaban J connectivity index is 1.75. The highest BCUT2D eigenvalue weighted by Crippen LogP contribution is 2.32. The lowest BCUT2D eigenvalue weighted by Gasteiger charge is -2.10. The maximum atomic E-state index is 12.8. The van der Waals surface area contributed by atoms with Crippen LogP contribution in [-0.2, 0) is 0 Å². The van der Waals surface area contributed by atoms with Gasteiger partial charge in [0, 0.05) is 21.7 Å². The van der Waals surface area contributed by atoms with Gasteiger partial charge in [0.1, 0.15) is 0 Å². The molecule has 3 aromatic heterocycles. The first-order valence-electron chi connectivity index (χ1n) is 9.12. The minimum atomic E-state index is -0.117. The van der Waals surface area contributed by atoms with Crippen molar-refractivity contribution in [2.24, 2.45) is 0 Å². The predicted octanol–water partition coefficient (Wildman–Crippen LogP) is 6.64. The summed E-state index contributed by atoms with van der Waals surface area (Å²) in [5.74, 6) is 0. The molecule has 0 fully saturated rings. The minimum absolute atomic E-state index is 0.117. The lowest BCUT2D eigenvalue weighted by molar-refractivity contribution is 1.29. The summed E-state index contributed by atoms with van der Waals surface area (Å²) >= 11 is 7.67. The molecule has 0 aliphatic heterocycles. The number of hydrogen-bond acceptors (Lipinski definition) is 3. The number of nitrogens with zero attached hydrogens (tertiary/aromatic N) is 1. The van der Waals surface area contributed by atoms with Crippen molar-refractivity contribution in [2.75, 3.05) is 0 Å². The fourth-order valence-corrected chi connectivity index (χ4v) is 4.18. The maximum absolute atomic E-state index is 12.8. The van der Waals surface area contributed by atoms with Crippen molar-refractivity contribution in [2.45, 2.75) is 0 Å². The van der Waals surface area contributed by atoms with E-state index in [9.17, 15) is 4.79 Å². The number of hydrogen-bond donors (Lipinski definition) is 1. The van der Waals surface area contributed by atoms with Crippen LogP contribution < -0.4 is 5.56 Å². The molecule has 0 aliphatic rings. The molecule has 2 aromatic carbocycles. The van der Waals surface area contributed by atoms with Gasteiger partial charge in [0.15, 0.2) is 0 Å². The Labute approximate surface area is 176 Å². The van der Waals surface area contributed by atoms with Gasteiger partial charge in [0.2, 0.25) is 0 Å². The molecule has 0 aliphatic carbocycles. The Bertz CT molecular complexity index is 1370. The molecule has 0 saturated heterocycles. The predicted molar refractivity (Wildman–Crippen MR) is 122 cm³/mol. The van der Waals surface area contributed by atoms with Crippen molar-refractivity contribution < 1.29 is 0 Å². The Hall–Kier alpha value is -3.21. The third-order valence-corrected chi connectivity index (χ3v) is 5.95. The molecule has 1 N–H and O–H groups in total. The zero-order valence-electron chi connectivity index (χ0n) is 15.2. The van der Waals surface area contributed by atoms with Gasteiger partial charge in [-0.3, -0.25) is 4.79 Å². The summed E-state index contributed by atoms with van der Waals surface area (Å²) in [5.41, 5.74) is 4.76. The van der Waals surface area contributed by atoms with Crippen molar-refractivity contribution >= 4 is 33.8 Å². The zero-order chi connectivity index (χ0) is 19.8. The van der Waals surface area contributed by atoms with Crippen LogP contribution in [-0.4, -0.2) is 9.97 Å². The van der Waals surface area contributed by atoms with Gasteiger partial charge in [0.25, 0.3) is 5.56 Å². The van der Waals surface area contributed by atoms with Crippen LogP contribution in [0.25, 0.3) is 43.9 Å². The third kappa shape index (κ3) is 3.48. The molecule has 5 aromatic rings. The van der Waals surface area contributed by atoms with E-state index in [-0.39, 0.29) is 5.56 Å². The molecule has 29 heavy (non-hydrogen) atoms. The standard InChI is InChI=1S/C24H15ClN2OS/c25-18-9-7-15(8-10-18)21-13-17(14-22(26-21)23-6-3-11-29-23)19-12-16-4-1-2-5-20(16)27-24(19)28/h1-14H,(H,27,28). The first kappa shape index (κ1) is 17.9. The van der Waals surface area contributed by atoms with Gasteiger partial charge < -0.3 is 4.98 Å². The second-order valence-corrected chi connectivity index (χ2v) is 8.09. The van der Waals surface area contributed by atoms with Gasteiger partial charge >= 0.3 is 0 Å². The Morgan fingerprint density at radius 2 is 1.62 bits per heavy atom. The smallest absolute Gasteiger partial charge is 0.256 e. The van der Waals surface area contributed by atoms with Crippen molar-refractivity contribution in [3.05, 3.63) is 99.6 Å². The van der Waals surface area contributed by atoms with Gasteiger partial charge in [-0.1, -0.05) is 48.0 Å². The minimum Gasteiger partial charge on any atom is -0.321 e. The number of halogens is 1.